The normalized spacial score (nSPS) is 10.2. The third kappa shape index (κ3) is 6.23. The molecule has 1 aromatic rings. The van der Waals surface area contributed by atoms with Gasteiger partial charge in [0, 0.05) is 23.7 Å². The van der Waals surface area contributed by atoms with Gasteiger partial charge in [-0.1, -0.05) is 23.7 Å². The Morgan fingerprint density at radius 3 is 2.37 bits per heavy atom. The van der Waals surface area contributed by atoms with Gasteiger partial charge in [-0.25, -0.2) is 9.59 Å². The molecule has 19 heavy (non-hydrogen) atoms. The van der Waals surface area contributed by atoms with E-state index in [2.05, 4.69) is 5.32 Å². The van der Waals surface area contributed by atoms with Gasteiger partial charge in [-0.3, -0.25) is 10.1 Å². The lowest BCUT2D eigenvalue weighted by Crippen LogP contribution is -2.38. The van der Waals surface area contributed by atoms with Crippen molar-refractivity contribution in [2.75, 3.05) is 0 Å². The molecule has 0 aliphatic rings. The molecule has 0 saturated heterocycles. The van der Waals surface area contributed by atoms with Crippen LogP contribution >= 0.6 is 11.6 Å². The van der Waals surface area contributed by atoms with Gasteiger partial charge >= 0.3 is 12.0 Å². The lowest BCUT2D eigenvalue weighted by Gasteiger charge is -2.05. The first-order valence-electron chi connectivity index (χ1n) is 5.21. The lowest BCUT2D eigenvalue weighted by molar-refractivity contribution is -0.131. The average Bonchev–Trinajstić information content (AvgIpc) is 2.36. The number of hydrogen-bond donors (Lipinski definition) is 3. The lowest BCUT2D eigenvalue weighted by atomic mass is 10.2. The van der Waals surface area contributed by atoms with E-state index >= 15 is 0 Å². The molecule has 0 atom stereocenters. The monoisotopic (exact) mass is 282 g/mol. The number of carboxylic acid groups (broad SMARTS) is 1. The van der Waals surface area contributed by atoms with Gasteiger partial charge in [-0.15, -0.1) is 0 Å². The summed E-state index contributed by atoms with van der Waals surface area (Å²) in [7, 11) is 0. The third-order valence-corrected chi connectivity index (χ3v) is 2.23. The maximum Gasteiger partial charge on any atom is 0.328 e. The fraction of sp³-hybridized carbons (Fsp3) is 0.0833. The first kappa shape index (κ1) is 14.7. The molecule has 0 bridgehead atoms. The van der Waals surface area contributed by atoms with Crippen LogP contribution in [-0.4, -0.2) is 23.0 Å². The van der Waals surface area contributed by atoms with Gasteiger partial charge in [0.05, 0.1) is 0 Å². The highest BCUT2D eigenvalue weighted by Crippen LogP contribution is 2.08. The number of carboxylic acids is 1. The molecule has 1 aromatic carbocycles. The molecule has 0 aromatic heterocycles. The number of hydrogen-bond acceptors (Lipinski definition) is 3. The Morgan fingerprint density at radius 1 is 1.16 bits per heavy atom. The number of amides is 3. The molecule has 0 aliphatic heterocycles. The van der Waals surface area contributed by atoms with Gasteiger partial charge in [0.25, 0.3) is 5.91 Å². The molecule has 0 radical (unpaired) electrons. The maximum absolute atomic E-state index is 11.3. The van der Waals surface area contributed by atoms with Crippen LogP contribution in [0.25, 0.3) is 0 Å². The number of halogens is 1. The average molecular weight is 283 g/mol. The summed E-state index contributed by atoms with van der Waals surface area (Å²) in [4.78, 5) is 32.5. The van der Waals surface area contributed by atoms with Gasteiger partial charge < -0.3 is 10.4 Å². The van der Waals surface area contributed by atoms with Gasteiger partial charge in [0.2, 0.25) is 0 Å². The minimum Gasteiger partial charge on any atom is -0.478 e. The van der Waals surface area contributed by atoms with Crippen LogP contribution in [0.3, 0.4) is 0 Å². The summed E-state index contributed by atoms with van der Waals surface area (Å²) in [5.41, 5.74) is 0.813. The Morgan fingerprint density at radius 2 is 1.79 bits per heavy atom. The molecular formula is C12H11ClN2O4. The third-order valence-electron chi connectivity index (χ3n) is 1.98. The van der Waals surface area contributed by atoms with Crippen LogP contribution < -0.4 is 10.6 Å². The van der Waals surface area contributed by atoms with Crippen LogP contribution in [0.4, 0.5) is 4.79 Å². The van der Waals surface area contributed by atoms with E-state index in [4.69, 9.17) is 16.7 Å². The zero-order chi connectivity index (χ0) is 14.3. The fourth-order valence-corrected chi connectivity index (χ4v) is 1.26. The van der Waals surface area contributed by atoms with E-state index < -0.39 is 17.9 Å². The number of nitrogens with one attached hydrogen (secondary N) is 2. The van der Waals surface area contributed by atoms with E-state index in [1.165, 1.54) is 0 Å². The number of benzene rings is 1. The second kappa shape index (κ2) is 7.17. The van der Waals surface area contributed by atoms with Gasteiger partial charge in [-0.05, 0) is 17.7 Å². The minimum atomic E-state index is -1.27. The number of rotatable bonds is 4. The Labute approximate surface area is 114 Å². The van der Waals surface area contributed by atoms with Crippen molar-refractivity contribution in [2.24, 2.45) is 0 Å². The van der Waals surface area contributed by atoms with Crippen molar-refractivity contribution >= 4 is 29.5 Å². The molecule has 3 N–H and O–H groups in total. The molecule has 6 nitrogen and oxygen atoms in total. The van der Waals surface area contributed by atoms with Gasteiger partial charge in [0.15, 0.2) is 0 Å². The summed E-state index contributed by atoms with van der Waals surface area (Å²) in [6.07, 6.45) is 1.39. The first-order valence-corrected chi connectivity index (χ1v) is 5.59. The highest BCUT2D eigenvalue weighted by atomic mass is 35.5. The van der Waals surface area contributed by atoms with Crippen molar-refractivity contribution in [3.05, 3.63) is 47.0 Å². The molecule has 100 valence electrons. The van der Waals surface area contributed by atoms with Gasteiger partial charge in [-0.2, -0.15) is 0 Å². The van der Waals surface area contributed by atoms with Crippen LogP contribution in [0.15, 0.2) is 36.4 Å². The zero-order valence-electron chi connectivity index (χ0n) is 9.72. The maximum atomic E-state index is 11.3. The molecule has 0 aliphatic carbocycles. The number of carbonyl (C=O) groups excluding carboxylic acids is 2. The van der Waals surface area contributed by atoms with E-state index in [-0.39, 0.29) is 6.54 Å². The number of aliphatic carboxylic acids is 1. The zero-order valence-corrected chi connectivity index (χ0v) is 10.5. The molecular weight excluding hydrogens is 272 g/mol. The van der Waals surface area contributed by atoms with Crippen LogP contribution in [-0.2, 0) is 16.1 Å². The summed E-state index contributed by atoms with van der Waals surface area (Å²) in [6, 6.07) is 6.10. The molecule has 1 rings (SSSR count). The second-order valence-corrected chi connectivity index (χ2v) is 3.91. The second-order valence-electron chi connectivity index (χ2n) is 3.47. The summed E-state index contributed by atoms with van der Waals surface area (Å²) in [6.45, 7) is 0.221. The van der Waals surface area contributed by atoms with E-state index in [1.807, 2.05) is 5.32 Å². The van der Waals surface area contributed by atoms with Gasteiger partial charge in [0.1, 0.15) is 0 Å². The van der Waals surface area contributed by atoms with Crippen molar-refractivity contribution < 1.29 is 19.5 Å². The Kier molecular flexibility index (Phi) is 5.56. The predicted molar refractivity (Wildman–Crippen MR) is 68.6 cm³/mol. The molecule has 0 fully saturated rings. The van der Waals surface area contributed by atoms with E-state index in [0.717, 1.165) is 11.6 Å². The molecule has 0 unspecified atom stereocenters. The van der Waals surface area contributed by atoms with Crippen molar-refractivity contribution in [3.63, 3.8) is 0 Å². The van der Waals surface area contributed by atoms with Crippen LogP contribution in [0.5, 0.6) is 0 Å². The largest absolute Gasteiger partial charge is 0.478 e. The molecule has 0 saturated carbocycles. The first-order chi connectivity index (χ1) is 8.97. The summed E-state index contributed by atoms with van der Waals surface area (Å²) in [5, 5.41) is 13.3. The molecule has 3 amide bonds. The standard InChI is InChI=1S/C12H11ClN2O4/c13-9-3-1-8(2-4-9)7-14-12(19)15-10(16)5-6-11(17)18/h1-6H,7H2,(H,17,18)(H2,14,15,16,19)/b6-5+. The van der Waals surface area contributed by atoms with Crippen molar-refractivity contribution in [1.82, 2.24) is 10.6 Å². The highest BCUT2D eigenvalue weighted by Gasteiger charge is 2.04. The van der Waals surface area contributed by atoms with E-state index in [0.29, 0.717) is 11.1 Å². The van der Waals surface area contributed by atoms with Crippen molar-refractivity contribution in [3.8, 4) is 0 Å². The predicted octanol–water partition coefficient (Wildman–Crippen LogP) is 1.31. The van der Waals surface area contributed by atoms with Crippen molar-refractivity contribution in [2.45, 2.75) is 6.54 Å². The Hall–Kier alpha value is -2.34. The van der Waals surface area contributed by atoms with Crippen LogP contribution in [0, 0.1) is 0 Å². The Balaban J connectivity index is 2.37. The quantitative estimate of drug-likeness (QED) is 0.726. The molecule has 0 spiro atoms. The number of carbonyl (C=O) groups is 3. The minimum absolute atomic E-state index is 0.221. The molecule has 0 heterocycles. The van der Waals surface area contributed by atoms with Crippen LogP contribution in [0.1, 0.15) is 5.56 Å². The highest BCUT2D eigenvalue weighted by molar-refractivity contribution is 6.30. The SMILES string of the molecule is O=C(O)/C=C/C(=O)NC(=O)NCc1ccc(Cl)cc1. The molecule has 7 heteroatoms. The Bertz CT molecular complexity index is 511. The summed E-state index contributed by atoms with van der Waals surface area (Å²) < 4.78 is 0. The fourth-order valence-electron chi connectivity index (χ4n) is 1.13. The van der Waals surface area contributed by atoms with Crippen LogP contribution in [0.2, 0.25) is 5.02 Å². The number of imide groups is 1. The topological polar surface area (TPSA) is 95.5 Å². The van der Waals surface area contributed by atoms with Crippen molar-refractivity contribution in [1.29, 1.82) is 0 Å². The number of urea groups is 1. The summed E-state index contributed by atoms with van der Waals surface area (Å²) in [5.74, 6) is -2.08. The summed E-state index contributed by atoms with van der Waals surface area (Å²) >= 11 is 5.70. The van der Waals surface area contributed by atoms with E-state index in [1.54, 1.807) is 24.3 Å². The smallest absolute Gasteiger partial charge is 0.328 e. The van der Waals surface area contributed by atoms with E-state index in [9.17, 15) is 14.4 Å².